The van der Waals surface area contributed by atoms with E-state index in [0.717, 1.165) is 28.4 Å². The third kappa shape index (κ3) is 3.89. The summed E-state index contributed by atoms with van der Waals surface area (Å²) < 4.78 is 8.44. The summed E-state index contributed by atoms with van der Waals surface area (Å²) in [5.74, 6) is -0.405. The maximum absolute atomic E-state index is 12.4. The first-order valence-electron chi connectivity index (χ1n) is 7.61. The average Bonchev–Trinajstić information content (AvgIpc) is 3.08. The number of aryl methyl sites for hydroxylation is 1. The van der Waals surface area contributed by atoms with Gasteiger partial charge in [-0.25, -0.2) is 0 Å². The molecule has 2 amide bonds. The van der Waals surface area contributed by atoms with Crippen molar-refractivity contribution in [2.75, 3.05) is 10.6 Å². The summed E-state index contributed by atoms with van der Waals surface area (Å²) in [6.45, 7) is 5.33. The number of carbonyl (C=O) groups is 2. The van der Waals surface area contributed by atoms with Crippen LogP contribution in [0.15, 0.2) is 49.1 Å². The molecule has 0 saturated heterocycles. The summed E-state index contributed by atoms with van der Waals surface area (Å²) in [5, 5.41) is 5.59. The Balaban J connectivity index is 1.70. The van der Waals surface area contributed by atoms with E-state index in [9.17, 15) is 9.59 Å². The standard InChI is InChI=1S/C18H16N4O2S/c1-3-15(23)19-13-7-5-12(6-8-13)10-16(24)20-17-11(2)4-9-14-18(17)22-25-21-14/h3-9H,1,10H2,2H3,(H,19,23)(H,20,24). The summed E-state index contributed by atoms with van der Waals surface area (Å²) in [4.78, 5) is 23.6. The molecule has 3 aromatic rings. The number of benzene rings is 2. The Kier molecular flexibility index (Phi) is 4.85. The molecule has 7 heteroatoms. The molecule has 126 valence electrons. The lowest BCUT2D eigenvalue weighted by Crippen LogP contribution is -2.15. The molecular weight excluding hydrogens is 336 g/mol. The Morgan fingerprint density at radius 1 is 1.12 bits per heavy atom. The Labute approximate surface area is 148 Å². The first kappa shape index (κ1) is 16.8. The zero-order valence-corrected chi connectivity index (χ0v) is 14.4. The number of hydrogen-bond acceptors (Lipinski definition) is 5. The number of nitrogens with one attached hydrogen (secondary N) is 2. The van der Waals surface area contributed by atoms with Gasteiger partial charge in [-0.3, -0.25) is 9.59 Å². The second-order valence-electron chi connectivity index (χ2n) is 5.50. The molecule has 1 heterocycles. The van der Waals surface area contributed by atoms with Gasteiger partial charge in [-0.1, -0.05) is 24.8 Å². The largest absolute Gasteiger partial charge is 0.324 e. The van der Waals surface area contributed by atoms with Gasteiger partial charge in [0.1, 0.15) is 11.0 Å². The minimum absolute atomic E-state index is 0.133. The van der Waals surface area contributed by atoms with Crippen molar-refractivity contribution in [2.24, 2.45) is 0 Å². The van der Waals surface area contributed by atoms with Gasteiger partial charge in [0.25, 0.3) is 0 Å². The van der Waals surface area contributed by atoms with Crippen LogP contribution in [0.25, 0.3) is 11.0 Å². The van der Waals surface area contributed by atoms with Gasteiger partial charge >= 0.3 is 0 Å². The van der Waals surface area contributed by atoms with Crippen LogP contribution in [-0.2, 0) is 16.0 Å². The molecule has 0 fully saturated rings. The first-order valence-corrected chi connectivity index (χ1v) is 8.34. The summed E-state index contributed by atoms with van der Waals surface area (Å²) in [6.07, 6.45) is 1.43. The number of fused-ring (bicyclic) bond motifs is 1. The third-order valence-corrected chi connectivity index (χ3v) is 4.21. The van der Waals surface area contributed by atoms with E-state index < -0.39 is 0 Å². The predicted molar refractivity (Wildman–Crippen MR) is 99.8 cm³/mol. The summed E-state index contributed by atoms with van der Waals surface area (Å²) in [6, 6.07) is 10.9. The molecule has 2 aromatic carbocycles. The monoisotopic (exact) mass is 352 g/mol. The summed E-state index contributed by atoms with van der Waals surface area (Å²) in [5.41, 5.74) is 4.62. The highest BCUT2D eigenvalue weighted by Crippen LogP contribution is 2.25. The van der Waals surface area contributed by atoms with E-state index in [4.69, 9.17) is 0 Å². The summed E-state index contributed by atoms with van der Waals surface area (Å²) >= 11 is 1.12. The molecule has 0 aliphatic heterocycles. The van der Waals surface area contributed by atoms with Crippen molar-refractivity contribution < 1.29 is 9.59 Å². The van der Waals surface area contributed by atoms with Gasteiger partial charge in [0.2, 0.25) is 11.8 Å². The molecule has 1 aromatic heterocycles. The maximum atomic E-state index is 12.4. The van der Waals surface area contributed by atoms with Crippen molar-refractivity contribution in [2.45, 2.75) is 13.3 Å². The average molecular weight is 352 g/mol. The van der Waals surface area contributed by atoms with Crippen LogP contribution in [-0.4, -0.2) is 20.6 Å². The van der Waals surface area contributed by atoms with Crippen LogP contribution >= 0.6 is 11.7 Å². The van der Waals surface area contributed by atoms with E-state index in [1.807, 2.05) is 19.1 Å². The quantitative estimate of drug-likeness (QED) is 0.690. The third-order valence-electron chi connectivity index (χ3n) is 3.67. The minimum Gasteiger partial charge on any atom is -0.324 e. The number of nitrogens with zero attached hydrogens (tertiary/aromatic N) is 2. The van der Waals surface area contributed by atoms with Crippen LogP contribution < -0.4 is 10.6 Å². The van der Waals surface area contributed by atoms with Crippen LogP contribution in [0.5, 0.6) is 0 Å². The Morgan fingerprint density at radius 2 is 1.88 bits per heavy atom. The van der Waals surface area contributed by atoms with Crippen molar-refractivity contribution in [1.29, 1.82) is 0 Å². The molecule has 2 N–H and O–H groups in total. The van der Waals surface area contributed by atoms with E-state index >= 15 is 0 Å². The fraction of sp³-hybridized carbons (Fsp3) is 0.111. The molecule has 6 nitrogen and oxygen atoms in total. The predicted octanol–water partition coefficient (Wildman–Crippen LogP) is 3.31. The van der Waals surface area contributed by atoms with Crippen molar-refractivity contribution in [3.05, 3.63) is 60.2 Å². The topological polar surface area (TPSA) is 84.0 Å². The molecule has 0 radical (unpaired) electrons. The van der Waals surface area contributed by atoms with E-state index in [2.05, 4.69) is 26.0 Å². The van der Waals surface area contributed by atoms with Crippen LogP contribution in [0.4, 0.5) is 11.4 Å². The minimum atomic E-state index is -0.272. The van der Waals surface area contributed by atoms with Gasteiger partial charge in [-0.15, -0.1) is 0 Å². The van der Waals surface area contributed by atoms with Crippen molar-refractivity contribution in [3.63, 3.8) is 0 Å². The van der Waals surface area contributed by atoms with Crippen molar-refractivity contribution in [3.8, 4) is 0 Å². The molecule has 0 aliphatic carbocycles. The van der Waals surface area contributed by atoms with Gasteiger partial charge < -0.3 is 10.6 Å². The molecule has 0 bridgehead atoms. The first-order chi connectivity index (χ1) is 12.1. The SMILES string of the molecule is C=CC(=O)Nc1ccc(CC(=O)Nc2c(C)ccc3nsnc23)cc1. The second kappa shape index (κ2) is 7.23. The van der Waals surface area contributed by atoms with Gasteiger partial charge in [0.15, 0.2) is 0 Å². The van der Waals surface area contributed by atoms with Gasteiger partial charge in [-0.2, -0.15) is 8.75 Å². The molecule has 0 aliphatic rings. The Bertz CT molecular complexity index is 947. The zero-order chi connectivity index (χ0) is 17.8. The molecule has 0 saturated carbocycles. The van der Waals surface area contributed by atoms with Gasteiger partial charge in [0, 0.05) is 5.69 Å². The Hall–Kier alpha value is -3.06. The number of amides is 2. The van der Waals surface area contributed by atoms with Crippen molar-refractivity contribution in [1.82, 2.24) is 8.75 Å². The smallest absolute Gasteiger partial charge is 0.247 e. The summed E-state index contributed by atoms with van der Waals surface area (Å²) in [7, 11) is 0. The lowest BCUT2D eigenvalue weighted by molar-refractivity contribution is -0.115. The zero-order valence-electron chi connectivity index (χ0n) is 13.6. The fourth-order valence-electron chi connectivity index (χ4n) is 2.38. The maximum Gasteiger partial charge on any atom is 0.247 e. The molecular formula is C18H16N4O2S. The highest BCUT2D eigenvalue weighted by atomic mass is 32.1. The lowest BCUT2D eigenvalue weighted by atomic mass is 10.1. The molecule has 25 heavy (non-hydrogen) atoms. The molecule has 0 unspecified atom stereocenters. The molecule has 0 atom stereocenters. The normalized spacial score (nSPS) is 10.4. The number of aromatic nitrogens is 2. The molecule has 0 spiro atoms. The number of hydrogen-bond donors (Lipinski definition) is 2. The second-order valence-corrected chi connectivity index (χ2v) is 6.03. The van der Waals surface area contributed by atoms with Crippen LogP contribution in [0.1, 0.15) is 11.1 Å². The van der Waals surface area contributed by atoms with E-state index in [1.165, 1.54) is 6.08 Å². The highest BCUT2D eigenvalue weighted by molar-refractivity contribution is 7.00. The van der Waals surface area contributed by atoms with Crippen LogP contribution in [0.2, 0.25) is 0 Å². The lowest BCUT2D eigenvalue weighted by Gasteiger charge is -2.09. The fourth-order valence-corrected chi connectivity index (χ4v) is 2.92. The number of anilines is 2. The van der Waals surface area contributed by atoms with E-state index in [0.29, 0.717) is 16.9 Å². The molecule has 3 rings (SSSR count). The van der Waals surface area contributed by atoms with Crippen LogP contribution in [0.3, 0.4) is 0 Å². The Morgan fingerprint density at radius 3 is 2.60 bits per heavy atom. The van der Waals surface area contributed by atoms with Crippen molar-refractivity contribution >= 4 is 46.0 Å². The van der Waals surface area contributed by atoms with Crippen LogP contribution in [0, 0.1) is 6.92 Å². The van der Waals surface area contributed by atoms with E-state index in [1.54, 1.807) is 24.3 Å². The van der Waals surface area contributed by atoms with E-state index in [-0.39, 0.29) is 18.2 Å². The highest BCUT2D eigenvalue weighted by Gasteiger charge is 2.12. The van der Waals surface area contributed by atoms with Gasteiger partial charge in [-0.05, 0) is 42.3 Å². The number of carbonyl (C=O) groups excluding carboxylic acids is 2. The van der Waals surface area contributed by atoms with Gasteiger partial charge in [0.05, 0.1) is 23.8 Å². The number of rotatable bonds is 5.